The number of methoxy groups -OCH3 is 2. The van der Waals surface area contributed by atoms with E-state index in [4.69, 9.17) is 9.47 Å². The van der Waals surface area contributed by atoms with Gasteiger partial charge in [-0.05, 0) is 358 Å². The molecule has 2 saturated carbocycles. The SMILES string of the molecule is C/C=C/C.CC1(F)CN(C2CC2)C1.CC1CCN(C)CC1.CC1CCN(C2CC2)CC1.CC1CCN(Cc2ccccc2)CC1.CCC(C)C.CCCC.CCCC(C)(C)C.CCCCC.CCCCN1CCC(C)CC1.CCCCOC.CCCN1CCC(C)CC1.CCCN1CCC(C)CC1.CCCN1CCCC(C)C1.CCCOC. The highest BCUT2D eigenvalue weighted by molar-refractivity contribution is 5.14. The number of benzene rings is 1. The van der Waals surface area contributed by atoms with E-state index in [0.717, 1.165) is 85.6 Å². The van der Waals surface area contributed by atoms with Crippen LogP contribution >= 0.6 is 0 Å². The average Bonchev–Trinajstić information content (AvgIpc) is 1.75. The van der Waals surface area contributed by atoms with Gasteiger partial charge in [-0.1, -0.05) is 266 Å². The lowest BCUT2D eigenvalue weighted by Gasteiger charge is -2.42. The van der Waals surface area contributed by atoms with Gasteiger partial charge in [0.25, 0.3) is 0 Å². The molecule has 10 nitrogen and oxygen atoms in total. The maximum Gasteiger partial charge on any atom is 0.133 e. The molecule has 8 heterocycles. The molecule has 118 heavy (non-hydrogen) atoms. The molecule has 8 saturated heterocycles. The maximum absolute atomic E-state index is 12.8. The Bertz CT molecular complexity index is 2040. The zero-order chi connectivity index (χ0) is 89.6. The Morgan fingerprint density at radius 1 is 0.398 bits per heavy atom. The molecular formula is C107H221FN8O2. The molecule has 8 aliphatic heterocycles. The number of likely N-dealkylation sites (tertiary alicyclic amines) is 8. The van der Waals surface area contributed by atoms with Crippen LogP contribution in [-0.2, 0) is 16.0 Å². The van der Waals surface area contributed by atoms with Gasteiger partial charge < -0.3 is 38.9 Å². The molecule has 1 aromatic rings. The molecule has 0 radical (unpaired) electrons. The predicted molar refractivity (Wildman–Crippen MR) is 533 cm³/mol. The van der Waals surface area contributed by atoms with Crippen LogP contribution in [0.1, 0.15) is 411 Å². The van der Waals surface area contributed by atoms with Crippen LogP contribution in [-0.4, -0.2) is 222 Å². The summed E-state index contributed by atoms with van der Waals surface area (Å²) in [6.45, 7) is 88.2. The minimum Gasteiger partial charge on any atom is -0.385 e. The summed E-state index contributed by atoms with van der Waals surface area (Å²) in [6.07, 6.45) is 50.2. The highest BCUT2D eigenvalue weighted by atomic mass is 19.1. The number of ether oxygens (including phenoxy) is 2. The highest BCUT2D eigenvalue weighted by Crippen LogP contribution is 2.36. The lowest BCUT2D eigenvalue weighted by molar-refractivity contribution is -0.0227. The summed E-state index contributed by atoms with van der Waals surface area (Å²) in [6, 6.07) is 12.5. The summed E-state index contributed by atoms with van der Waals surface area (Å²) >= 11 is 0. The van der Waals surface area contributed by atoms with Gasteiger partial charge in [0.2, 0.25) is 0 Å². The van der Waals surface area contributed by atoms with E-state index in [0.29, 0.717) is 18.5 Å². The summed E-state index contributed by atoms with van der Waals surface area (Å²) < 4.78 is 22.3. The van der Waals surface area contributed by atoms with Crippen molar-refractivity contribution in [2.24, 2.45) is 52.8 Å². The average molecular weight is 1670 g/mol. The predicted octanol–water partition coefficient (Wildman–Crippen LogP) is 29.2. The van der Waals surface area contributed by atoms with E-state index in [1.165, 1.54) is 335 Å². The van der Waals surface area contributed by atoms with Crippen molar-refractivity contribution in [3.05, 3.63) is 48.0 Å². The smallest absolute Gasteiger partial charge is 0.133 e. The van der Waals surface area contributed by atoms with Gasteiger partial charge in [-0.25, -0.2) is 4.39 Å². The van der Waals surface area contributed by atoms with Crippen LogP contribution in [0.3, 0.4) is 0 Å². The quantitative estimate of drug-likeness (QED) is 0.0782. The second-order valence-electron chi connectivity index (χ2n) is 39.9. The molecule has 0 bridgehead atoms. The summed E-state index contributed by atoms with van der Waals surface area (Å²) in [4.78, 5) is 20.3. The van der Waals surface area contributed by atoms with E-state index in [-0.39, 0.29) is 0 Å². The number of nitrogens with zero attached hydrogens (tertiary/aromatic N) is 8. The number of alkyl halides is 1. The number of piperidine rings is 7. The van der Waals surface area contributed by atoms with Gasteiger partial charge in [-0.15, -0.1) is 0 Å². The second kappa shape index (κ2) is 85.0. The first-order valence-electron chi connectivity index (χ1n) is 51.4. The summed E-state index contributed by atoms with van der Waals surface area (Å²) in [5.74, 6) is 7.67. The fraction of sp³-hybridized carbons (Fsp3) is 0.925. The lowest BCUT2D eigenvalue weighted by Crippen LogP contribution is -2.57. The molecule has 0 amide bonds. The van der Waals surface area contributed by atoms with Gasteiger partial charge in [0, 0.05) is 65.7 Å². The van der Waals surface area contributed by atoms with Crippen LogP contribution in [0.4, 0.5) is 4.39 Å². The van der Waals surface area contributed by atoms with Crippen LogP contribution in [0.25, 0.3) is 0 Å². The Kier molecular flexibility index (Phi) is 88.4. The van der Waals surface area contributed by atoms with Crippen molar-refractivity contribution in [2.45, 2.75) is 430 Å². The zero-order valence-electron chi connectivity index (χ0n) is 86.4. The first-order valence-corrected chi connectivity index (χ1v) is 51.4. The van der Waals surface area contributed by atoms with Crippen molar-refractivity contribution in [3.8, 4) is 0 Å². The molecule has 1 unspecified atom stereocenters. The molecule has 10 fully saturated rings. The Hall–Kier alpha value is -1.51. The van der Waals surface area contributed by atoms with Crippen LogP contribution in [0, 0.1) is 52.8 Å². The van der Waals surface area contributed by atoms with E-state index in [2.05, 4.69) is 243 Å². The molecular weight excluding hydrogens is 1450 g/mol. The first kappa shape index (κ1) is 123. The van der Waals surface area contributed by atoms with Crippen molar-refractivity contribution in [1.29, 1.82) is 0 Å². The molecule has 11 heteroatoms. The minimum absolute atomic E-state index is 0.550. The van der Waals surface area contributed by atoms with E-state index >= 15 is 0 Å². The molecule has 1 atom stereocenters. The largest absolute Gasteiger partial charge is 0.385 e. The normalized spacial score (nSPS) is 20.7. The minimum atomic E-state index is -0.859. The molecule has 708 valence electrons. The molecule has 1 aromatic carbocycles. The van der Waals surface area contributed by atoms with Crippen LogP contribution in [0.15, 0.2) is 42.5 Å². The third-order valence-corrected chi connectivity index (χ3v) is 24.4. The fourth-order valence-corrected chi connectivity index (χ4v) is 14.8. The fourth-order valence-electron chi connectivity index (χ4n) is 14.8. The van der Waals surface area contributed by atoms with Crippen LogP contribution in [0.2, 0.25) is 0 Å². The first-order chi connectivity index (χ1) is 56.4. The van der Waals surface area contributed by atoms with E-state index in [1.54, 1.807) is 21.1 Å². The Balaban J connectivity index is -0.000000598. The standard InChI is InChI=1S/C13H19N.C10H21N.C9H17N.3C9H19N.C7H12FN.C7H15N.C7H16.C5H12O.2C5H12.C4H10O.C4H10.C4H8/c1-12-7-9-14(10-8-12)11-13-5-3-2-4-6-13;1-3-4-7-11-8-5-10(2)6-9-11;1-8-4-6-10(7-5-8)9-2-3-9;2*1-3-6-10-7-4-9(2)5-8-10;1-3-6-10-7-4-5-9(2)8-10;1-7(8)4-9(5-7)6-2-3-6;1-7-3-5-8(2)6-4-7;1-5-6-7(2,3)4;1-3-4-5-6-2;1-4-5(2)3;1-3-5-4-2;1-3-4-5-2;2*1-3-4-2/h2-6,12H,7-11H2,1H3;10H,3-9H2,1-2H3;8-9H,2-7H2,1H3;3*9H,3-8H2,1-2H3;6H,2-5H2,1H3;7H,3-6H2,1-2H3;5-6H2,1-4H3;3-5H2,1-2H3;5H,4H2,1-3H3;3-5H2,1-2H3;3-4H2,1-2H3;3-4H2,1-2H3;3-4H,1-2H3/b;;;;;;;;;;;;;;4-3+. The van der Waals surface area contributed by atoms with Crippen LogP contribution < -0.4 is 0 Å². The zero-order valence-corrected chi connectivity index (χ0v) is 86.4. The Morgan fingerprint density at radius 3 is 1.02 bits per heavy atom. The third kappa shape index (κ3) is 84.0. The number of halogens is 1. The van der Waals surface area contributed by atoms with Gasteiger partial charge in [0.05, 0.1) is 0 Å². The van der Waals surface area contributed by atoms with Gasteiger partial charge in [0.1, 0.15) is 5.67 Å². The number of hydrogen-bond donors (Lipinski definition) is 0. The molecule has 0 aromatic heterocycles. The number of allylic oxidation sites excluding steroid dienone is 2. The maximum atomic E-state index is 12.8. The summed E-state index contributed by atoms with van der Waals surface area (Å²) in [7, 11) is 5.64. The van der Waals surface area contributed by atoms with E-state index < -0.39 is 5.67 Å². The van der Waals surface area contributed by atoms with Crippen molar-refractivity contribution in [3.63, 3.8) is 0 Å². The molecule has 11 rings (SSSR count). The molecule has 0 spiro atoms. The molecule has 10 aliphatic rings. The molecule has 2 aliphatic carbocycles. The van der Waals surface area contributed by atoms with E-state index in [1.807, 2.05) is 26.0 Å². The number of rotatable bonds is 23. The third-order valence-electron chi connectivity index (χ3n) is 24.4. The van der Waals surface area contributed by atoms with Gasteiger partial charge in [0.15, 0.2) is 0 Å². The van der Waals surface area contributed by atoms with Crippen LogP contribution in [0.5, 0.6) is 0 Å². The van der Waals surface area contributed by atoms with E-state index in [9.17, 15) is 4.39 Å². The van der Waals surface area contributed by atoms with Gasteiger partial charge >= 0.3 is 0 Å². The van der Waals surface area contributed by atoms with Crippen molar-refractivity contribution in [1.82, 2.24) is 39.2 Å². The Morgan fingerprint density at radius 2 is 0.754 bits per heavy atom. The van der Waals surface area contributed by atoms with Gasteiger partial charge in [-0.2, -0.15) is 0 Å². The van der Waals surface area contributed by atoms with Crippen molar-refractivity contribution < 1.29 is 13.9 Å². The second-order valence-corrected chi connectivity index (χ2v) is 39.9. The topological polar surface area (TPSA) is 44.4 Å². The lowest BCUT2D eigenvalue weighted by atomic mass is 9.91. The number of hydrogen-bond acceptors (Lipinski definition) is 10. The van der Waals surface area contributed by atoms with Crippen molar-refractivity contribution >= 4 is 0 Å². The summed E-state index contributed by atoms with van der Waals surface area (Å²) in [5.41, 5.74) is 1.14. The summed E-state index contributed by atoms with van der Waals surface area (Å²) in [5, 5.41) is 0. The molecule has 0 N–H and O–H groups in total. The number of unbranched alkanes of at least 4 members (excludes halogenated alkanes) is 5. The van der Waals surface area contributed by atoms with Gasteiger partial charge in [-0.3, -0.25) is 9.80 Å². The highest BCUT2D eigenvalue weighted by Gasteiger charge is 2.45. The van der Waals surface area contributed by atoms with Crippen molar-refractivity contribution in [2.75, 3.05) is 165 Å². The Labute approximate surface area is 744 Å². The monoisotopic (exact) mass is 1670 g/mol.